The van der Waals surface area contributed by atoms with Gasteiger partial charge in [-0.25, -0.2) is 4.98 Å². The first-order valence-corrected chi connectivity index (χ1v) is 7.69. The van der Waals surface area contributed by atoms with Gasteiger partial charge in [-0.3, -0.25) is 0 Å². The zero-order valence-electron chi connectivity index (χ0n) is 11.5. The minimum atomic E-state index is 0.352. The average Bonchev–Trinajstić information content (AvgIpc) is 2.44. The summed E-state index contributed by atoms with van der Waals surface area (Å²) in [6.07, 6.45) is 2.78. The lowest BCUT2D eigenvalue weighted by Crippen LogP contribution is -2.03. The van der Waals surface area contributed by atoms with Crippen LogP contribution in [0.15, 0.2) is 30.5 Å². The Morgan fingerprint density at radius 1 is 1.14 bits per heavy atom. The summed E-state index contributed by atoms with van der Waals surface area (Å²) < 4.78 is 5.69. The summed E-state index contributed by atoms with van der Waals surface area (Å²) in [5, 5.41) is 4.49. The second-order valence-corrected chi connectivity index (χ2v) is 5.71. The fraction of sp³-hybridized carbons (Fsp3) is 0.267. The van der Waals surface area contributed by atoms with Crippen molar-refractivity contribution >= 4 is 40.6 Å². The van der Waals surface area contributed by atoms with E-state index in [-0.39, 0.29) is 0 Å². The number of nitrogens with zero attached hydrogens (tertiary/aromatic N) is 1. The van der Waals surface area contributed by atoms with Crippen LogP contribution < -0.4 is 10.1 Å². The maximum absolute atomic E-state index is 6.08. The first kappa shape index (κ1) is 16.2. The highest BCUT2D eigenvalue weighted by atomic mass is 35.5. The molecule has 0 aliphatic rings. The van der Waals surface area contributed by atoms with Crippen LogP contribution >= 0.6 is 34.8 Å². The lowest BCUT2D eigenvalue weighted by Gasteiger charge is -2.11. The van der Waals surface area contributed by atoms with Gasteiger partial charge in [0.05, 0.1) is 10.0 Å². The molecule has 1 aromatic heterocycles. The number of anilines is 1. The minimum absolute atomic E-state index is 0.352. The van der Waals surface area contributed by atoms with Crippen molar-refractivity contribution in [3.63, 3.8) is 0 Å². The van der Waals surface area contributed by atoms with E-state index in [0.29, 0.717) is 27.4 Å². The highest BCUT2D eigenvalue weighted by Crippen LogP contribution is 2.36. The number of rotatable bonds is 6. The summed E-state index contributed by atoms with van der Waals surface area (Å²) in [7, 11) is 0. The molecular weight excluding hydrogens is 331 g/mol. The Hall–Kier alpha value is -1.16. The summed E-state index contributed by atoms with van der Waals surface area (Å²) in [5.74, 6) is 1.26. The van der Waals surface area contributed by atoms with Crippen molar-refractivity contribution < 1.29 is 4.74 Å². The second-order valence-electron chi connectivity index (χ2n) is 4.46. The van der Waals surface area contributed by atoms with Crippen molar-refractivity contribution in [1.82, 2.24) is 4.98 Å². The predicted octanol–water partition coefficient (Wildman–Crippen LogP) is 5.44. The Balaban J connectivity index is 2.06. The fourth-order valence-corrected chi connectivity index (χ4v) is 2.66. The third kappa shape index (κ3) is 4.67. The number of hydrogen-bond acceptors (Lipinski definition) is 3. The monoisotopic (exact) mass is 344 g/mol. The molecule has 0 spiro atoms. The third-order valence-electron chi connectivity index (χ3n) is 2.73. The van der Waals surface area contributed by atoms with Gasteiger partial charge in [0.25, 0.3) is 0 Å². The number of hydrogen-bond donors (Lipinski definition) is 1. The topological polar surface area (TPSA) is 34.1 Å². The van der Waals surface area contributed by atoms with E-state index in [1.54, 1.807) is 18.3 Å². The van der Waals surface area contributed by atoms with Crippen LogP contribution in [0.3, 0.4) is 0 Å². The van der Waals surface area contributed by atoms with Gasteiger partial charge in [0.2, 0.25) is 0 Å². The van der Waals surface area contributed by atoms with Crippen LogP contribution in [-0.2, 0) is 6.61 Å². The Bertz CT molecular complexity index is 597. The van der Waals surface area contributed by atoms with Crippen molar-refractivity contribution in [3.05, 3.63) is 51.1 Å². The van der Waals surface area contributed by atoms with Crippen molar-refractivity contribution in [2.75, 3.05) is 11.9 Å². The summed E-state index contributed by atoms with van der Waals surface area (Å²) in [4.78, 5) is 4.24. The molecule has 0 aliphatic carbocycles. The maximum atomic E-state index is 6.08. The van der Waals surface area contributed by atoms with Gasteiger partial charge in [-0.1, -0.05) is 41.7 Å². The van der Waals surface area contributed by atoms with E-state index in [2.05, 4.69) is 17.2 Å². The third-order valence-corrected chi connectivity index (χ3v) is 3.51. The van der Waals surface area contributed by atoms with E-state index in [4.69, 9.17) is 39.5 Å². The van der Waals surface area contributed by atoms with Gasteiger partial charge < -0.3 is 10.1 Å². The van der Waals surface area contributed by atoms with Gasteiger partial charge in [0, 0.05) is 17.8 Å². The first-order chi connectivity index (χ1) is 10.1. The molecule has 0 amide bonds. The molecule has 0 saturated carbocycles. The lowest BCUT2D eigenvalue weighted by atomic mass is 10.2. The molecule has 2 rings (SSSR count). The summed E-state index contributed by atoms with van der Waals surface area (Å²) in [6, 6.07) is 7.03. The summed E-state index contributed by atoms with van der Waals surface area (Å²) in [5.41, 5.74) is 0.977. The van der Waals surface area contributed by atoms with Crippen molar-refractivity contribution in [2.24, 2.45) is 0 Å². The molecule has 0 unspecified atom stereocenters. The molecule has 0 radical (unpaired) electrons. The lowest BCUT2D eigenvalue weighted by molar-refractivity contribution is 0.306. The zero-order valence-corrected chi connectivity index (χ0v) is 13.8. The predicted molar refractivity (Wildman–Crippen MR) is 88.8 cm³/mol. The molecule has 0 aliphatic heterocycles. The molecule has 1 aromatic carbocycles. The van der Waals surface area contributed by atoms with Crippen molar-refractivity contribution in [1.29, 1.82) is 0 Å². The second kappa shape index (κ2) is 7.74. The van der Waals surface area contributed by atoms with Crippen LogP contribution in [-0.4, -0.2) is 11.5 Å². The molecule has 0 atom stereocenters. The van der Waals surface area contributed by atoms with Gasteiger partial charge in [-0.2, -0.15) is 0 Å². The maximum Gasteiger partial charge on any atom is 0.157 e. The molecule has 2 aromatic rings. The first-order valence-electron chi connectivity index (χ1n) is 6.56. The Morgan fingerprint density at radius 3 is 2.52 bits per heavy atom. The molecule has 0 saturated heterocycles. The van der Waals surface area contributed by atoms with Crippen LogP contribution in [0.5, 0.6) is 5.75 Å². The highest BCUT2D eigenvalue weighted by molar-refractivity contribution is 6.40. The highest BCUT2D eigenvalue weighted by Gasteiger charge is 2.09. The molecular formula is C15H15Cl3N2O. The van der Waals surface area contributed by atoms with E-state index >= 15 is 0 Å². The number of ether oxygens (including phenoxy) is 1. The smallest absolute Gasteiger partial charge is 0.157 e. The largest absolute Gasteiger partial charge is 0.486 e. The van der Waals surface area contributed by atoms with Crippen LogP contribution in [0.4, 0.5) is 5.82 Å². The number of benzene rings is 1. The molecule has 1 heterocycles. The quantitative estimate of drug-likeness (QED) is 0.756. The van der Waals surface area contributed by atoms with Gasteiger partial charge in [-0.05, 0) is 36.2 Å². The van der Waals surface area contributed by atoms with E-state index < -0.39 is 0 Å². The minimum Gasteiger partial charge on any atom is -0.486 e. The van der Waals surface area contributed by atoms with Crippen molar-refractivity contribution in [3.8, 4) is 5.75 Å². The van der Waals surface area contributed by atoms with E-state index in [1.165, 1.54) is 0 Å². The fourth-order valence-electron chi connectivity index (χ4n) is 1.74. The van der Waals surface area contributed by atoms with E-state index in [1.807, 2.05) is 12.1 Å². The van der Waals surface area contributed by atoms with Crippen LogP contribution in [0.1, 0.15) is 18.9 Å². The van der Waals surface area contributed by atoms with Gasteiger partial charge in [0.15, 0.2) is 5.75 Å². The normalized spacial score (nSPS) is 10.5. The van der Waals surface area contributed by atoms with Gasteiger partial charge in [0.1, 0.15) is 12.4 Å². The van der Waals surface area contributed by atoms with Crippen LogP contribution in [0, 0.1) is 0 Å². The van der Waals surface area contributed by atoms with E-state index in [0.717, 1.165) is 24.3 Å². The standard InChI is InChI=1S/C15H15Cl3N2O/c1-2-4-19-14-6-10(3-5-20-14)9-21-15-12(17)7-11(16)8-13(15)18/h3,5-8H,2,4,9H2,1H3,(H,19,20). The number of aromatic nitrogens is 1. The molecule has 1 N–H and O–H groups in total. The molecule has 21 heavy (non-hydrogen) atoms. The average molecular weight is 346 g/mol. The molecule has 112 valence electrons. The number of halogens is 3. The SMILES string of the molecule is CCCNc1cc(COc2c(Cl)cc(Cl)cc2Cl)ccn1. The number of pyridine rings is 1. The Kier molecular flexibility index (Phi) is 5.97. The van der Waals surface area contributed by atoms with Crippen molar-refractivity contribution in [2.45, 2.75) is 20.0 Å². The van der Waals surface area contributed by atoms with Gasteiger partial charge in [-0.15, -0.1) is 0 Å². The summed E-state index contributed by atoms with van der Waals surface area (Å²) in [6.45, 7) is 3.33. The molecule has 3 nitrogen and oxygen atoms in total. The van der Waals surface area contributed by atoms with Crippen LogP contribution in [0.2, 0.25) is 15.1 Å². The Morgan fingerprint density at radius 2 is 1.86 bits per heavy atom. The molecule has 0 fully saturated rings. The molecule has 0 bridgehead atoms. The van der Waals surface area contributed by atoms with Crippen LogP contribution in [0.25, 0.3) is 0 Å². The number of nitrogens with one attached hydrogen (secondary N) is 1. The zero-order chi connectivity index (χ0) is 15.2. The van der Waals surface area contributed by atoms with E-state index in [9.17, 15) is 0 Å². The Labute approximate surface area is 139 Å². The molecule has 6 heteroatoms. The van der Waals surface area contributed by atoms with Gasteiger partial charge >= 0.3 is 0 Å². The summed E-state index contributed by atoms with van der Waals surface area (Å²) >= 11 is 18.0.